The molecule has 2 aliphatic carbocycles. The molecule has 100 valence electrons. The molecule has 0 radical (unpaired) electrons. The maximum absolute atomic E-state index is 6.40. The van der Waals surface area contributed by atoms with Crippen LogP contribution in [0.25, 0.3) is 0 Å². The third kappa shape index (κ3) is 1.69. The summed E-state index contributed by atoms with van der Waals surface area (Å²) >= 11 is 0. The Balaban J connectivity index is 1.96. The lowest BCUT2D eigenvalue weighted by atomic mass is 9.84. The zero-order valence-electron chi connectivity index (χ0n) is 11.8. The van der Waals surface area contributed by atoms with Crippen LogP contribution in [0.1, 0.15) is 57.6 Å². The SMILES string of the molecule is Cn1nc(C(C)(C)C)nc1C1C2CCC(C2)C1N. The van der Waals surface area contributed by atoms with Gasteiger partial charge in [0.05, 0.1) is 0 Å². The molecule has 3 rings (SSSR count). The Bertz CT molecular complexity index is 455. The first-order valence-corrected chi connectivity index (χ1v) is 7.05. The van der Waals surface area contributed by atoms with Crippen LogP contribution < -0.4 is 5.73 Å². The van der Waals surface area contributed by atoms with Crippen molar-refractivity contribution in [3.8, 4) is 0 Å². The van der Waals surface area contributed by atoms with Crippen LogP contribution in [0.4, 0.5) is 0 Å². The van der Waals surface area contributed by atoms with E-state index < -0.39 is 0 Å². The van der Waals surface area contributed by atoms with Crippen molar-refractivity contribution < 1.29 is 0 Å². The molecule has 2 saturated carbocycles. The van der Waals surface area contributed by atoms with E-state index in [1.807, 2.05) is 11.7 Å². The first-order chi connectivity index (χ1) is 8.38. The number of fused-ring (bicyclic) bond motifs is 2. The van der Waals surface area contributed by atoms with Crippen molar-refractivity contribution in [1.29, 1.82) is 0 Å². The molecule has 4 nitrogen and oxygen atoms in total. The Morgan fingerprint density at radius 1 is 1.22 bits per heavy atom. The van der Waals surface area contributed by atoms with Crippen molar-refractivity contribution in [3.63, 3.8) is 0 Å². The Labute approximate surface area is 109 Å². The van der Waals surface area contributed by atoms with E-state index in [-0.39, 0.29) is 5.41 Å². The normalized spacial score (nSPS) is 35.4. The molecule has 18 heavy (non-hydrogen) atoms. The predicted molar refractivity (Wildman–Crippen MR) is 71.3 cm³/mol. The maximum Gasteiger partial charge on any atom is 0.156 e. The van der Waals surface area contributed by atoms with Gasteiger partial charge in [0.25, 0.3) is 0 Å². The third-order valence-electron chi connectivity index (χ3n) is 4.75. The van der Waals surface area contributed by atoms with E-state index in [1.54, 1.807) is 0 Å². The number of aromatic nitrogens is 3. The summed E-state index contributed by atoms with van der Waals surface area (Å²) in [4.78, 5) is 4.80. The summed E-state index contributed by atoms with van der Waals surface area (Å²) in [6, 6.07) is 0.291. The molecule has 2 aliphatic rings. The second-order valence-corrected chi connectivity index (χ2v) is 7.10. The fraction of sp³-hybridized carbons (Fsp3) is 0.857. The molecule has 0 amide bonds. The molecule has 1 heterocycles. The first-order valence-electron chi connectivity index (χ1n) is 7.05. The molecule has 0 aromatic carbocycles. The van der Waals surface area contributed by atoms with Crippen LogP contribution in [-0.4, -0.2) is 20.8 Å². The number of aryl methyl sites for hydroxylation is 1. The van der Waals surface area contributed by atoms with Gasteiger partial charge in [-0.3, -0.25) is 4.68 Å². The number of nitrogens with two attached hydrogens (primary N) is 1. The molecule has 1 aromatic heterocycles. The number of nitrogens with zero attached hydrogens (tertiary/aromatic N) is 3. The van der Waals surface area contributed by atoms with E-state index in [1.165, 1.54) is 19.3 Å². The summed E-state index contributed by atoms with van der Waals surface area (Å²) in [5.74, 6) is 3.93. The fourth-order valence-electron chi connectivity index (χ4n) is 3.72. The van der Waals surface area contributed by atoms with E-state index in [0.717, 1.165) is 23.5 Å². The topological polar surface area (TPSA) is 56.7 Å². The van der Waals surface area contributed by atoms with Crippen LogP contribution in [0.15, 0.2) is 0 Å². The number of hydrogen-bond acceptors (Lipinski definition) is 3. The van der Waals surface area contributed by atoms with Crippen LogP contribution in [0.5, 0.6) is 0 Å². The monoisotopic (exact) mass is 248 g/mol. The lowest BCUT2D eigenvalue weighted by molar-refractivity contribution is 0.346. The van der Waals surface area contributed by atoms with Gasteiger partial charge in [0.1, 0.15) is 5.82 Å². The van der Waals surface area contributed by atoms with E-state index in [9.17, 15) is 0 Å². The number of hydrogen-bond donors (Lipinski definition) is 1. The minimum atomic E-state index is 0.0116. The van der Waals surface area contributed by atoms with Crippen LogP contribution in [0.2, 0.25) is 0 Å². The highest BCUT2D eigenvalue weighted by Gasteiger charge is 2.48. The van der Waals surface area contributed by atoms with Gasteiger partial charge in [0, 0.05) is 24.4 Å². The molecule has 4 unspecified atom stereocenters. The van der Waals surface area contributed by atoms with Crippen molar-refractivity contribution in [2.45, 2.75) is 57.4 Å². The lowest BCUT2D eigenvalue weighted by Gasteiger charge is -2.27. The molecule has 4 heteroatoms. The molecule has 4 atom stereocenters. The standard InChI is InChI=1S/C14H24N4/c1-14(2,3)13-16-12(18(4)17-13)10-8-5-6-9(7-8)11(10)15/h8-11H,5-7,15H2,1-4H3. The second kappa shape index (κ2) is 3.80. The summed E-state index contributed by atoms with van der Waals surface area (Å²) in [6.07, 6.45) is 3.93. The highest BCUT2D eigenvalue weighted by Crippen LogP contribution is 2.51. The summed E-state index contributed by atoms with van der Waals surface area (Å²) < 4.78 is 1.96. The minimum absolute atomic E-state index is 0.0116. The van der Waals surface area contributed by atoms with Crippen LogP contribution in [-0.2, 0) is 12.5 Å². The van der Waals surface area contributed by atoms with Gasteiger partial charge >= 0.3 is 0 Å². The highest BCUT2D eigenvalue weighted by molar-refractivity contribution is 5.16. The van der Waals surface area contributed by atoms with Crippen LogP contribution in [0.3, 0.4) is 0 Å². The summed E-state index contributed by atoms with van der Waals surface area (Å²) in [5, 5.41) is 4.59. The largest absolute Gasteiger partial charge is 0.327 e. The quantitative estimate of drug-likeness (QED) is 0.826. The molecule has 0 spiro atoms. The van der Waals surface area contributed by atoms with Crippen LogP contribution in [0, 0.1) is 11.8 Å². The van der Waals surface area contributed by atoms with Crippen molar-refractivity contribution in [2.75, 3.05) is 0 Å². The lowest BCUT2D eigenvalue weighted by Crippen LogP contribution is -2.35. The van der Waals surface area contributed by atoms with Crippen molar-refractivity contribution in [2.24, 2.45) is 24.6 Å². The molecular weight excluding hydrogens is 224 g/mol. The van der Waals surface area contributed by atoms with Gasteiger partial charge in [-0.2, -0.15) is 5.10 Å². The van der Waals surface area contributed by atoms with Gasteiger partial charge in [-0.25, -0.2) is 4.98 Å². The molecule has 2 fully saturated rings. The van der Waals surface area contributed by atoms with E-state index in [0.29, 0.717) is 12.0 Å². The van der Waals surface area contributed by atoms with Crippen molar-refractivity contribution in [3.05, 3.63) is 11.6 Å². The number of rotatable bonds is 1. The molecular formula is C14H24N4. The summed E-state index contributed by atoms with van der Waals surface area (Å²) in [5.41, 5.74) is 6.41. The van der Waals surface area contributed by atoms with Gasteiger partial charge in [0.2, 0.25) is 0 Å². The minimum Gasteiger partial charge on any atom is -0.327 e. The zero-order valence-corrected chi connectivity index (χ0v) is 11.8. The molecule has 2 N–H and O–H groups in total. The smallest absolute Gasteiger partial charge is 0.156 e. The summed E-state index contributed by atoms with van der Waals surface area (Å²) in [7, 11) is 2.01. The maximum atomic E-state index is 6.40. The van der Waals surface area contributed by atoms with Gasteiger partial charge in [-0.1, -0.05) is 20.8 Å². The van der Waals surface area contributed by atoms with Gasteiger partial charge < -0.3 is 5.73 Å². The fourth-order valence-corrected chi connectivity index (χ4v) is 3.72. The van der Waals surface area contributed by atoms with E-state index in [2.05, 4.69) is 25.9 Å². The van der Waals surface area contributed by atoms with E-state index in [4.69, 9.17) is 10.7 Å². The Hall–Kier alpha value is -0.900. The molecule has 0 aliphatic heterocycles. The Morgan fingerprint density at radius 3 is 2.39 bits per heavy atom. The second-order valence-electron chi connectivity index (χ2n) is 7.10. The predicted octanol–water partition coefficient (Wildman–Crippen LogP) is 1.95. The van der Waals surface area contributed by atoms with Crippen molar-refractivity contribution in [1.82, 2.24) is 14.8 Å². The molecule has 2 bridgehead atoms. The molecule has 0 saturated heterocycles. The average molecular weight is 248 g/mol. The Morgan fingerprint density at radius 2 is 1.89 bits per heavy atom. The average Bonchev–Trinajstić information content (AvgIpc) is 2.91. The Kier molecular flexibility index (Phi) is 2.56. The zero-order chi connectivity index (χ0) is 13.1. The van der Waals surface area contributed by atoms with E-state index >= 15 is 0 Å². The van der Waals surface area contributed by atoms with Gasteiger partial charge in [-0.05, 0) is 31.1 Å². The van der Waals surface area contributed by atoms with Gasteiger partial charge in [-0.15, -0.1) is 0 Å². The van der Waals surface area contributed by atoms with Gasteiger partial charge in [0.15, 0.2) is 5.82 Å². The van der Waals surface area contributed by atoms with Crippen LogP contribution >= 0.6 is 0 Å². The molecule has 1 aromatic rings. The third-order valence-corrected chi connectivity index (χ3v) is 4.75. The van der Waals surface area contributed by atoms with Crippen molar-refractivity contribution >= 4 is 0 Å². The first kappa shape index (κ1) is 12.2. The highest BCUT2D eigenvalue weighted by atomic mass is 15.3. The summed E-state index contributed by atoms with van der Waals surface area (Å²) in [6.45, 7) is 6.48.